The van der Waals surface area contributed by atoms with Crippen molar-refractivity contribution in [2.45, 2.75) is 11.7 Å². The van der Waals surface area contributed by atoms with E-state index in [9.17, 15) is 9.59 Å². The zero-order valence-corrected chi connectivity index (χ0v) is 9.88. The Labute approximate surface area is 106 Å². The molecule has 8 heteroatoms. The fraction of sp³-hybridized carbons (Fsp3) is 0.200. The van der Waals surface area contributed by atoms with E-state index < -0.39 is 11.2 Å². The summed E-state index contributed by atoms with van der Waals surface area (Å²) < 4.78 is 5.00. The van der Waals surface area contributed by atoms with Gasteiger partial charge in [-0.2, -0.15) is 5.10 Å². The fourth-order valence-electron chi connectivity index (χ4n) is 1.23. The average Bonchev–Trinajstić information content (AvgIpc) is 2.81. The molecule has 0 radical (unpaired) electrons. The smallest absolute Gasteiger partial charge is 0.317 e. The largest absolute Gasteiger partial charge is 0.480 e. The third-order valence-electron chi connectivity index (χ3n) is 2.02. The number of furan rings is 1. The predicted molar refractivity (Wildman–Crippen MR) is 65.5 cm³/mol. The lowest BCUT2D eigenvalue weighted by atomic mass is 10.3. The lowest BCUT2D eigenvalue weighted by molar-refractivity contribution is -0.138. The molecule has 0 aliphatic carbocycles. The van der Waals surface area contributed by atoms with Crippen LogP contribution in [0.3, 0.4) is 0 Å². The van der Waals surface area contributed by atoms with Gasteiger partial charge in [-0.1, -0.05) is 11.8 Å². The van der Waals surface area contributed by atoms with Crippen molar-refractivity contribution < 1.29 is 19.1 Å². The molecule has 94 valence electrons. The first-order valence-corrected chi connectivity index (χ1v) is 5.87. The van der Waals surface area contributed by atoms with Gasteiger partial charge in [-0.15, -0.1) is 5.10 Å². The number of carboxylic acid groups (broad SMARTS) is 1. The van der Waals surface area contributed by atoms with Gasteiger partial charge in [0.05, 0.1) is 12.5 Å². The number of carbonyl (C=O) groups excluding carboxylic acids is 1. The normalized spacial score (nSPS) is 22.3. The maximum Gasteiger partial charge on any atom is 0.317 e. The minimum absolute atomic E-state index is 0.0685. The Morgan fingerprint density at radius 3 is 3.17 bits per heavy atom. The summed E-state index contributed by atoms with van der Waals surface area (Å²) in [6.45, 7) is 0. The van der Waals surface area contributed by atoms with Crippen molar-refractivity contribution in [3.05, 3.63) is 24.2 Å². The number of hydrogen-bond donors (Lipinski definition) is 2. The first-order valence-electron chi connectivity index (χ1n) is 4.99. The Morgan fingerprint density at radius 1 is 1.67 bits per heavy atom. The van der Waals surface area contributed by atoms with Gasteiger partial charge in [0.25, 0.3) is 0 Å². The van der Waals surface area contributed by atoms with Gasteiger partial charge in [-0.3, -0.25) is 9.59 Å². The summed E-state index contributed by atoms with van der Waals surface area (Å²) in [6.07, 6.45) is 2.79. The number of amides is 1. The second-order valence-corrected chi connectivity index (χ2v) is 4.55. The second-order valence-electron chi connectivity index (χ2n) is 3.36. The summed E-state index contributed by atoms with van der Waals surface area (Å²) in [5.74, 6) is -0.910. The molecule has 1 fully saturated rings. The number of nitrogens with zero attached hydrogens (tertiary/aromatic N) is 2. The molecule has 1 amide bonds. The first-order chi connectivity index (χ1) is 8.65. The number of hydrogen-bond acceptors (Lipinski definition) is 6. The number of aliphatic carboxylic acids is 1. The van der Waals surface area contributed by atoms with E-state index in [1.54, 1.807) is 12.1 Å². The quantitative estimate of drug-likeness (QED) is 0.619. The van der Waals surface area contributed by atoms with Crippen LogP contribution < -0.4 is 5.32 Å². The molecule has 2 rings (SSSR count). The summed E-state index contributed by atoms with van der Waals surface area (Å²) >= 11 is 0.955. The van der Waals surface area contributed by atoms with Crippen LogP contribution in [-0.4, -0.2) is 33.6 Å². The average molecular weight is 267 g/mol. The Bertz CT molecular complexity index is 509. The van der Waals surface area contributed by atoms with Gasteiger partial charge in [0.15, 0.2) is 5.17 Å². The Hall–Kier alpha value is -2.09. The number of thioether (sulfide) groups is 1. The molecule has 0 unspecified atom stereocenters. The monoisotopic (exact) mass is 267 g/mol. The summed E-state index contributed by atoms with van der Waals surface area (Å²) in [5.41, 5.74) is 0. The van der Waals surface area contributed by atoms with E-state index >= 15 is 0 Å². The topological polar surface area (TPSA) is 104 Å². The number of carboxylic acids is 1. The Morgan fingerprint density at radius 2 is 2.50 bits per heavy atom. The summed E-state index contributed by atoms with van der Waals surface area (Å²) in [4.78, 5) is 22.0. The van der Waals surface area contributed by atoms with Crippen LogP contribution in [0.1, 0.15) is 12.2 Å². The van der Waals surface area contributed by atoms with Gasteiger partial charge < -0.3 is 14.8 Å². The lowest BCUT2D eigenvalue weighted by Gasteiger charge is -2.18. The van der Waals surface area contributed by atoms with Crippen LogP contribution in [0.5, 0.6) is 0 Å². The summed E-state index contributed by atoms with van der Waals surface area (Å²) in [5, 5.41) is 18.1. The SMILES string of the molecule is O=C1C[C@@H](C(=O)O)SC(=NN=Cc2ccco2)N1. The molecule has 1 aromatic heterocycles. The van der Waals surface area contributed by atoms with Crippen LogP contribution in [0, 0.1) is 0 Å². The van der Waals surface area contributed by atoms with Crippen molar-refractivity contribution in [3.63, 3.8) is 0 Å². The molecule has 18 heavy (non-hydrogen) atoms. The van der Waals surface area contributed by atoms with Gasteiger partial charge in [0.2, 0.25) is 5.91 Å². The summed E-state index contributed by atoms with van der Waals surface area (Å²) in [6, 6.07) is 3.39. The van der Waals surface area contributed by atoms with Crippen LogP contribution >= 0.6 is 11.8 Å². The third-order valence-corrected chi connectivity index (χ3v) is 3.08. The van der Waals surface area contributed by atoms with Crippen LogP contribution in [0.4, 0.5) is 0 Å². The first kappa shape index (κ1) is 12.4. The van der Waals surface area contributed by atoms with Gasteiger partial charge in [0.1, 0.15) is 11.0 Å². The van der Waals surface area contributed by atoms with Crippen molar-refractivity contribution in [2.24, 2.45) is 10.2 Å². The minimum Gasteiger partial charge on any atom is -0.480 e. The van der Waals surface area contributed by atoms with E-state index in [0.29, 0.717) is 5.76 Å². The van der Waals surface area contributed by atoms with Crippen LogP contribution in [0.2, 0.25) is 0 Å². The molecule has 0 bridgehead atoms. The predicted octanol–water partition coefficient (Wildman–Crippen LogP) is 0.676. The third kappa shape index (κ3) is 3.20. The highest BCUT2D eigenvalue weighted by Crippen LogP contribution is 2.20. The fourth-order valence-corrected chi connectivity index (χ4v) is 2.11. The van der Waals surface area contributed by atoms with Gasteiger partial charge in [0, 0.05) is 6.42 Å². The minimum atomic E-state index is -1.04. The van der Waals surface area contributed by atoms with Gasteiger partial charge in [-0.25, -0.2) is 0 Å². The maximum atomic E-state index is 11.2. The van der Waals surface area contributed by atoms with Crippen molar-refractivity contribution >= 4 is 35.0 Å². The maximum absolute atomic E-state index is 11.2. The van der Waals surface area contributed by atoms with E-state index in [1.165, 1.54) is 12.5 Å². The Kier molecular flexibility index (Phi) is 3.78. The summed E-state index contributed by atoms with van der Waals surface area (Å²) in [7, 11) is 0. The molecule has 7 nitrogen and oxygen atoms in total. The zero-order chi connectivity index (χ0) is 13.0. The van der Waals surface area contributed by atoms with Crippen molar-refractivity contribution in [2.75, 3.05) is 0 Å². The molecule has 1 atom stereocenters. The molecule has 2 N–H and O–H groups in total. The van der Waals surface area contributed by atoms with Gasteiger partial charge >= 0.3 is 5.97 Å². The van der Waals surface area contributed by atoms with E-state index in [4.69, 9.17) is 9.52 Å². The van der Waals surface area contributed by atoms with Crippen LogP contribution in [0.25, 0.3) is 0 Å². The molecule has 1 aliphatic heterocycles. The highest BCUT2D eigenvalue weighted by molar-refractivity contribution is 8.15. The molecule has 1 saturated heterocycles. The van der Waals surface area contributed by atoms with Crippen molar-refractivity contribution in [1.82, 2.24) is 5.32 Å². The second kappa shape index (κ2) is 5.50. The number of rotatable bonds is 3. The highest BCUT2D eigenvalue weighted by Gasteiger charge is 2.29. The molecule has 2 heterocycles. The highest BCUT2D eigenvalue weighted by atomic mass is 32.2. The van der Waals surface area contributed by atoms with E-state index in [2.05, 4.69) is 15.5 Å². The molecule has 0 saturated carbocycles. The molecular formula is C10H9N3O4S. The molecule has 1 aliphatic rings. The van der Waals surface area contributed by atoms with Crippen molar-refractivity contribution in [3.8, 4) is 0 Å². The van der Waals surface area contributed by atoms with E-state index in [1.807, 2.05) is 0 Å². The molecule has 0 spiro atoms. The Balaban J connectivity index is 2.03. The number of amidine groups is 1. The van der Waals surface area contributed by atoms with Gasteiger partial charge in [-0.05, 0) is 12.1 Å². The molecular weight excluding hydrogens is 258 g/mol. The van der Waals surface area contributed by atoms with Crippen LogP contribution in [0.15, 0.2) is 33.0 Å². The molecule has 1 aromatic rings. The lowest BCUT2D eigenvalue weighted by Crippen LogP contribution is -2.40. The zero-order valence-electron chi connectivity index (χ0n) is 9.07. The van der Waals surface area contributed by atoms with Crippen molar-refractivity contribution in [1.29, 1.82) is 0 Å². The number of carbonyl (C=O) groups is 2. The van der Waals surface area contributed by atoms with Crippen LogP contribution in [-0.2, 0) is 9.59 Å². The molecule has 0 aromatic carbocycles. The van der Waals surface area contributed by atoms with E-state index in [0.717, 1.165) is 11.8 Å². The standard InChI is InChI=1S/C10H9N3O4S/c14-8-4-7(9(15)16)18-10(12-8)13-11-5-6-2-1-3-17-6/h1-3,5,7H,4H2,(H,15,16)(H,12,13,14)/t7-/m0/s1. The van der Waals surface area contributed by atoms with E-state index in [-0.39, 0.29) is 17.5 Å². The number of nitrogens with one attached hydrogen (secondary N) is 1.